The van der Waals surface area contributed by atoms with Crippen LogP contribution in [0.3, 0.4) is 0 Å². The maximum Gasteiger partial charge on any atom is 0.191 e. The van der Waals surface area contributed by atoms with E-state index in [4.69, 9.17) is 18.9 Å². The molecule has 2 aliphatic heterocycles. The number of rotatable bonds is 10. The van der Waals surface area contributed by atoms with Gasteiger partial charge in [0.25, 0.3) is 0 Å². The van der Waals surface area contributed by atoms with Crippen LogP contribution in [0.15, 0.2) is 27.8 Å². The average Bonchev–Trinajstić information content (AvgIpc) is 3.27. The molecule has 0 bridgehead atoms. The minimum absolute atomic E-state index is 0.259. The minimum atomic E-state index is 0.259. The summed E-state index contributed by atoms with van der Waals surface area (Å²) in [4.78, 5) is 7.38. The Kier molecular flexibility index (Phi) is 9.82. The molecular formula is C22H38N4O3. The van der Waals surface area contributed by atoms with Crippen LogP contribution in [0.2, 0.25) is 0 Å². The molecule has 0 aliphatic carbocycles. The highest BCUT2D eigenvalue weighted by atomic mass is 16.5. The third-order valence-electron chi connectivity index (χ3n) is 5.72. The number of guanidine groups is 1. The van der Waals surface area contributed by atoms with Crippen LogP contribution in [0.25, 0.3) is 0 Å². The molecule has 2 aliphatic rings. The Morgan fingerprint density at radius 3 is 2.90 bits per heavy atom. The van der Waals surface area contributed by atoms with E-state index in [1.165, 1.54) is 12.8 Å². The molecule has 7 nitrogen and oxygen atoms in total. The van der Waals surface area contributed by atoms with Crippen molar-refractivity contribution in [3.05, 3.63) is 24.2 Å². The molecule has 1 aromatic heterocycles. The Morgan fingerprint density at radius 1 is 1.28 bits per heavy atom. The van der Waals surface area contributed by atoms with Gasteiger partial charge in [0.15, 0.2) is 5.96 Å². The van der Waals surface area contributed by atoms with Gasteiger partial charge in [0.1, 0.15) is 5.76 Å². The van der Waals surface area contributed by atoms with Crippen molar-refractivity contribution >= 4 is 5.96 Å². The zero-order chi connectivity index (χ0) is 20.2. The van der Waals surface area contributed by atoms with E-state index < -0.39 is 0 Å². The Morgan fingerprint density at radius 2 is 2.17 bits per heavy atom. The van der Waals surface area contributed by atoms with E-state index in [-0.39, 0.29) is 6.10 Å². The third kappa shape index (κ3) is 8.36. The van der Waals surface area contributed by atoms with Crippen molar-refractivity contribution in [2.45, 2.75) is 57.1 Å². The molecule has 1 aromatic rings. The van der Waals surface area contributed by atoms with Crippen molar-refractivity contribution in [1.29, 1.82) is 0 Å². The monoisotopic (exact) mass is 406 g/mol. The maximum absolute atomic E-state index is 5.85. The molecule has 3 heterocycles. The summed E-state index contributed by atoms with van der Waals surface area (Å²) in [5.74, 6) is 1.90. The van der Waals surface area contributed by atoms with Crippen molar-refractivity contribution in [3.8, 4) is 0 Å². The summed E-state index contributed by atoms with van der Waals surface area (Å²) >= 11 is 0. The number of methoxy groups -OCH3 is 1. The molecule has 2 N–H and O–H groups in total. The first kappa shape index (κ1) is 22.1. The molecule has 1 atom stereocenters. The average molecular weight is 407 g/mol. The fourth-order valence-electron chi connectivity index (χ4n) is 3.98. The van der Waals surface area contributed by atoms with Gasteiger partial charge in [-0.3, -0.25) is 4.99 Å². The molecule has 7 heteroatoms. The lowest BCUT2D eigenvalue weighted by atomic mass is 10.1. The number of nitrogens with zero attached hydrogens (tertiary/aromatic N) is 2. The zero-order valence-electron chi connectivity index (χ0n) is 17.9. The van der Waals surface area contributed by atoms with Crippen LogP contribution in [-0.2, 0) is 15.9 Å². The standard InChI is InChI=1S/C22H38N4O3/c1-27-15-5-12-26-13-9-19(10-14-26)25-22(23-11-8-20-7-4-17-28-20)24-18-21-6-2-3-16-29-21/h4,7,17,19,21H,2-3,5-6,8-16,18H2,1H3,(H2,23,24,25). The topological polar surface area (TPSA) is 71.3 Å². The zero-order valence-corrected chi connectivity index (χ0v) is 17.9. The number of ether oxygens (including phenoxy) is 2. The second kappa shape index (κ2) is 12.9. The number of likely N-dealkylation sites (tertiary alicyclic amines) is 1. The van der Waals surface area contributed by atoms with Crippen LogP contribution in [0.5, 0.6) is 0 Å². The molecule has 1 unspecified atom stereocenters. The molecule has 3 rings (SSSR count). The molecule has 0 aromatic carbocycles. The lowest BCUT2D eigenvalue weighted by Gasteiger charge is -2.33. The number of hydrogen-bond acceptors (Lipinski definition) is 5. The Hall–Kier alpha value is -1.57. The molecule has 164 valence electrons. The van der Waals surface area contributed by atoms with E-state index in [0.717, 1.165) is 89.8 Å². The lowest BCUT2D eigenvalue weighted by Crippen LogP contribution is -2.49. The van der Waals surface area contributed by atoms with Crippen LogP contribution in [-0.4, -0.2) is 76.1 Å². The van der Waals surface area contributed by atoms with Gasteiger partial charge in [0.05, 0.1) is 18.9 Å². The van der Waals surface area contributed by atoms with Crippen LogP contribution >= 0.6 is 0 Å². The number of hydrogen-bond donors (Lipinski definition) is 2. The highest BCUT2D eigenvalue weighted by Crippen LogP contribution is 2.13. The smallest absolute Gasteiger partial charge is 0.191 e. The predicted molar refractivity (Wildman–Crippen MR) is 115 cm³/mol. The highest BCUT2D eigenvalue weighted by molar-refractivity contribution is 5.80. The fraction of sp³-hybridized carbons (Fsp3) is 0.773. The first-order valence-corrected chi connectivity index (χ1v) is 11.2. The Balaban J connectivity index is 1.45. The van der Waals surface area contributed by atoms with E-state index in [1.807, 2.05) is 12.1 Å². The molecule has 0 radical (unpaired) electrons. The van der Waals surface area contributed by atoms with E-state index in [2.05, 4.69) is 15.5 Å². The molecule has 0 amide bonds. The van der Waals surface area contributed by atoms with Gasteiger partial charge in [0.2, 0.25) is 0 Å². The van der Waals surface area contributed by atoms with Gasteiger partial charge in [-0.15, -0.1) is 0 Å². The molecule has 0 saturated carbocycles. The third-order valence-corrected chi connectivity index (χ3v) is 5.72. The Labute approximate surface area is 175 Å². The van der Waals surface area contributed by atoms with Gasteiger partial charge in [-0.2, -0.15) is 0 Å². The predicted octanol–water partition coefficient (Wildman–Crippen LogP) is 2.43. The van der Waals surface area contributed by atoms with Crippen molar-refractivity contribution in [3.63, 3.8) is 0 Å². The second-order valence-electron chi connectivity index (χ2n) is 8.04. The normalized spacial score (nSPS) is 22.0. The van der Waals surface area contributed by atoms with Gasteiger partial charge >= 0.3 is 0 Å². The molecule has 0 spiro atoms. The number of furan rings is 1. The van der Waals surface area contributed by atoms with Crippen LogP contribution in [0.4, 0.5) is 0 Å². The van der Waals surface area contributed by atoms with Gasteiger partial charge in [-0.1, -0.05) is 0 Å². The second-order valence-corrected chi connectivity index (χ2v) is 8.04. The van der Waals surface area contributed by atoms with Crippen molar-refractivity contribution in [1.82, 2.24) is 15.5 Å². The minimum Gasteiger partial charge on any atom is -0.469 e. The quantitative estimate of drug-likeness (QED) is 0.353. The van der Waals surface area contributed by atoms with Crippen molar-refractivity contribution in [2.75, 3.05) is 53.0 Å². The number of nitrogens with one attached hydrogen (secondary N) is 2. The van der Waals surface area contributed by atoms with Crippen LogP contribution in [0, 0.1) is 0 Å². The fourth-order valence-corrected chi connectivity index (χ4v) is 3.98. The summed E-state index contributed by atoms with van der Waals surface area (Å²) in [6.45, 7) is 6.64. The van der Waals surface area contributed by atoms with E-state index in [1.54, 1.807) is 13.4 Å². The molecular weight excluding hydrogens is 368 g/mol. The van der Waals surface area contributed by atoms with Crippen LogP contribution in [0.1, 0.15) is 44.3 Å². The van der Waals surface area contributed by atoms with E-state index in [9.17, 15) is 0 Å². The summed E-state index contributed by atoms with van der Waals surface area (Å²) in [5, 5.41) is 7.16. The number of piperidine rings is 1. The molecule has 2 fully saturated rings. The van der Waals surface area contributed by atoms with Crippen LogP contribution < -0.4 is 10.6 Å². The van der Waals surface area contributed by atoms with Crippen molar-refractivity contribution < 1.29 is 13.9 Å². The summed E-state index contributed by atoms with van der Waals surface area (Å²) in [6.07, 6.45) is 9.77. The first-order valence-electron chi connectivity index (χ1n) is 11.2. The Bertz CT molecular complexity index is 565. The first-order chi connectivity index (χ1) is 14.3. The van der Waals surface area contributed by atoms with Gasteiger partial charge in [0, 0.05) is 59.0 Å². The van der Waals surface area contributed by atoms with Gasteiger partial charge in [-0.05, 0) is 50.7 Å². The van der Waals surface area contributed by atoms with E-state index in [0.29, 0.717) is 6.04 Å². The number of aliphatic imine (C=N–C) groups is 1. The van der Waals surface area contributed by atoms with Crippen molar-refractivity contribution in [2.24, 2.45) is 4.99 Å². The summed E-state index contributed by atoms with van der Waals surface area (Å²) in [5.41, 5.74) is 0. The maximum atomic E-state index is 5.85. The molecule has 29 heavy (non-hydrogen) atoms. The summed E-state index contributed by atoms with van der Waals surface area (Å²) < 4.78 is 16.5. The van der Waals surface area contributed by atoms with E-state index >= 15 is 0 Å². The van der Waals surface area contributed by atoms with Gasteiger partial charge < -0.3 is 29.4 Å². The SMILES string of the molecule is COCCCN1CCC(NC(=NCC2CCCCO2)NCCc2ccco2)CC1. The lowest BCUT2D eigenvalue weighted by molar-refractivity contribution is 0.0224. The molecule has 2 saturated heterocycles. The largest absolute Gasteiger partial charge is 0.469 e. The highest BCUT2D eigenvalue weighted by Gasteiger charge is 2.20. The van der Waals surface area contributed by atoms with Gasteiger partial charge in [-0.25, -0.2) is 0 Å². The summed E-state index contributed by atoms with van der Waals surface area (Å²) in [7, 11) is 1.77. The summed E-state index contributed by atoms with van der Waals surface area (Å²) in [6, 6.07) is 4.42.